The van der Waals surface area contributed by atoms with E-state index in [1.807, 2.05) is 13.8 Å². The smallest absolute Gasteiger partial charge is 0.252 e. The van der Waals surface area contributed by atoms with Crippen molar-refractivity contribution in [3.8, 4) is 0 Å². The van der Waals surface area contributed by atoms with Crippen LogP contribution in [-0.2, 0) is 0 Å². The fraction of sp³-hybridized carbons (Fsp3) is 0.444. The minimum absolute atomic E-state index is 0.534. The van der Waals surface area contributed by atoms with Crippen molar-refractivity contribution in [3.63, 3.8) is 0 Å². The van der Waals surface area contributed by atoms with Crippen LogP contribution in [0.25, 0.3) is 0 Å². The van der Waals surface area contributed by atoms with E-state index in [1.54, 1.807) is 6.92 Å². The van der Waals surface area contributed by atoms with Gasteiger partial charge in [0.25, 0.3) is 6.43 Å². The summed E-state index contributed by atoms with van der Waals surface area (Å²) in [4.78, 5) is 3.25. The summed E-state index contributed by atoms with van der Waals surface area (Å²) < 4.78 is 36.3. The van der Waals surface area contributed by atoms with Crippen molar-refractivity contribution in [2.45, 2.75) is 27.2 Å². The molecule has 0 aromatic carbocycles. The highest BCUT2D eigenvalue weighted by atomic mass is 19.3. The number of nitrogens with zero attached hydrogens (tertiary/aromatic N) is 1. The summed E-state index contributed by atoms with van der Waals surface area (Å²) in [6, 6.07) is 1.04. The normalized spacial score (nSPS) is 9.46. The van der Waals surface area contributed by atoms with Crippen molar-refractivity contribution in [1.82, 2.24) is 4.98 Å². The fourth-order valence-electron chi connectivity index (χ4n) is 0.705. The molecule has 1 aromatic heterocycles. The van der Waals surface area contributed by atoms with Gasteiger partial charge in [0.05, 0.1) is 0 Å². The van der Waals surface area contributed by atoms with Gasteiger partial charge in [0.15, 0.2) is 5.82 Å². The highest BCUT2D eigenvalue weighted by Gasteiger charge is 2.13. The van der Waals surface area contributed by atoms with Gasteiger partial charge in [0, 0.05) is 6.20 Å². The first-order chi connectivity index (χ1) is 6.11. The van der Waals surface area contributed by atoms with Gasteiger partial charge in [-0.05, 0) is 18.6 Å². The molecule has 0 aliphatic heterocycles. The second-order valence-corrected chi connectivity index (χ2v) is 2.18. The summed E-state index contributed by atoms with van der Waals surface area (Å²) in [5.41, 5.74) is -0.248. The molecule has 0 bridgehead atoms. The number of alkyl halides is 2. The topological polar surface area (TPSA) is 12.9 Å². The molecular weight excluding hydrogens is 179 g/mol. The summed E-state index contributed by atoms with van der Waals surface area (Å²) in [5.74, 6) is -0.944. The van der Waals surface area contributed by atoms with Crippen LogP contribution in [0, 0.1) is 12.7 Å². The van der Waals surface area contributed by atoms with Gasteiger partial charge in [-0.15, -0.1) is 0 Å². The molecule has 1 nitrogen and oxygen atoms in total. The molecule has 0 N–H and O–H groups in total. The zero-order valence-corrected chi connectivity index (χ0v) is 7.81. The number of rotatable bonds is 1. The average Bonchev–Trinajstić information content (AvgIpc) is 2.07. The van der Waals surface area contributed by atoms with Gasteiger partial charge in [-0.25, -0.2) is 13.2 Å². The van der Waals surface area contributed by atoms with Crippen LogP contribution in [0.3, 0.4) is 0 Å². The van der Waals surface area contributed by atoms with Crippen LogP contribution in [0.4, 0.5) is 13.2 Å². The van der Waals surface area contributed by atoms with E-state index in [9.17, 15) is 13.2 Å². The van der Waals surface area contributed by atoms with Crippen LogP contribution < -0.4 is 0 Å². The quantitative estimate of drug-likeness (QED) is 0.662. The predicted molar refractivity (Wildman–Crippen MR) is 45.2 cm³/mol. The van der Waals surface area contributed by atoms with E-state index in [-0.39, 0.29) is 0 Å². The molecule has 0 saturated carbocycles. The summed E-state index contributed by atoms with van der Waals surface area (Å²) >= 11 is 0. The van der Waals surface area contributed by atoms with Crippen LogP contribution in [0.1, 0.15) is 31.5 Å². The predicted octanol–water partition coefficient (Wildman–Crippen LogP) is 3.49. The van der Waals surface area contributed by atoms with Crippen molar-refractivity contribution < 1.29 is 13.2 Å². The third-order valence-electron chi connectivity index (χ3n) is 1.21. The minimum Gasteiger partial charge on any atom is -0.252 e. The molecule has 1 aromatic rings. The number of halogens is 3. The highest BCUT2D eigenvalue weighted by Crippen LogP contribution is 2.19. The Balaban J connectivity index is 0.000000671. The van der Waals surface area contributed by atoms with Crippen LogP contribution in [0.5, 0.6) is 0 Å². The molecule has 0 saturated heterocycles. The zero-order chi connectivity index (χ0) is 10.4. The Morgan fingerprint density at radius 3 is 2.23 bits per heavy atom. The molecule has 0 fully saturated rings. The number of hydrogen-bond donors (Lipinski definition) is 0. The summed E-state index contributed by atoms with van der Waals surface area (Å²) in [5, 5.41) is 0. The third-order valence-corrected chi connectivity index (χ3v) is 1.21. The van der Waals surface area contributed by atoms with Crippen molar-refractivity contribution in [2.24, 2.45) is 0 Å². The van der Waals surface area contributed by atoms with E-state index in [1.165, 1.54) is 6.20 Å². The third kappa shape index (κ3) is 3.44. The Kier molecular flexibility index (Phi) is 5.11. The van der Waals surface area contributed by atoms with Gasteiger partial charge >= 0.3 is 0 Å². The molecule has 74 valence electrons. The molecule has 13 heavy (non-hydrogen) atoms. The molecule has 0 aliphatic carbocycles. The molecular formula is C9H12F3N. The molecule has 4 heteroatoms. The molecule has 0 amide bonds. The number of hydrogen-bond acceptors (Lipinski definition) is 1. The lowest BCUT2D eigenvalue weighted by molar-refractivity contribution is 0.140. The maximum atomic E-state index is 12.6. The first-order valence-corrected chi connectivity index (χ1v) is 4.01. The van der Waals surface area contributed by atoms with Crippen LogP contribution in [0.15, 0.2) is 12.3 Å². The highest BCUT2D eigenvalue weighted by molar-refractivity contribution is 5.15. The van der Waals surface area contributed by atoms with Crippen molar-refractivity contribution in [2.75, 3.05) is 0 Å². The van der Waals surface area contributed by atoms with Gasteiger partial charge in [0.2, 0.25) is 0 Å². The first kappa shape index (κ1) is 11.9. The number of aryl methyl sites for hydroxylation is 1. The van der Waals surface area contributed by atoms with Gasteiger partial charge in [-0.2, -0.15) is 0 Å². The molecule has 0 aliphatic rings. The standard InChI is InChI=1S/C7H6F3N.C2H6/c1-4-2-5(8)6(7(9)10)11-3-4;1-2/h2-3,7H,1H3;1-2H3. The van der Waals surface area contributed by atoms with Gasteiger partial charge in [-0.1, -0.05) is 13.8 Å². The largest absolute Gasteiger partial charge is 0.283 e. The fourth-order valence-corrected chi connectivity index (χ4v) is 0.705. The van der Waals surface area contributed by atoms with E-state index < -0.39 is 17.9 Å². The summed E-state index contributed by atoms with van der Waals surface area (Å²) in [7, 11) is 0. The van der Waals surface area contributed by atoms with Gasteiger partial charge in [-0.3, -0.25) is 4.98 Å². The lowest BCUT2D eigenvalue weighted by Crippen LogP contribution is -1.95. The van der Waals surface area contributed by atoms with Gasteiger partial charge in [0.1, 0.15) is 5.69 Å². The maximum absolute atomic E-state index is 12.6. The SMILES string of the molecule is CC.Cc1cnc(C(F)F)c(F)c1. The second kappa shape index (κ2) is 5.56. The van der Waals surface area contributed by atoms with Crippen molar-refractivity contribution >= 4 is 0 Å². The van der Waals surface area contributed by atoms with Crippen LogP contribution in [0.2, 0.25) is 0 Å². The molecule has 0 atom stereocenters. The Labute approximate surface area is 75.6 Å². The van der Waals surface area contributed by atoms with E-state index in [0.717, 1.165) is 6.07 Å². The minimum atomic E-state index is -2.84. The Morgan fingerprint density at radius 2 is 1.85 bits per heavy atom. The summed E-state index contributed by atoms with van der Waals surface area (Å²) in [6.07, 6.45) is -1.62. The molecule has 0 unspecified atom stereocenters. The van der Waals surface area contributed by atoms with E-state index >= 15 is 0 Å². The first-order valence-electron chi connectivity index (χ1n) is 4.01. The van der Waals surface area contributed by atoms with Crippen molar-refractivity contribution in [1.29, 1.82) is 0 Å². The van der Waals surface area contributed by atoms with Crippen LogP contribution >= 0.6 is 0 Å². The van der Waals surface area contributed by atoms with Crippen LogP contribution in [-0.4, -0.2) is 4.98 Å². The Hall–Kier alpha value is -1.06. The van der Waals surface area contributed by atoms with E-state index in [2.05, 4.69) is 4.98 Å². The van der Waals surface area contributed by atoms with Crippen molar-refractivity contribution in [3.05, 3.63) is 29.3 Å². The van der Waals surface area contributed by atoms with Gasteiger partial charge < -0.3 is 0 Å². The average molecular weight is 191 g/mol. The Bertz CT molecular complexity index is 261. The molecule has 1 heterocycles. The lowest BCUT2D eigenvalue weighted by atomic mass is 10.2. The lowest BCUT2D eigenvalue weighted by Gasteiger charge is -1.99. The Morgan fingerprint density at radius 1 is 1.31 bits per heavy atom. The number of pyridine rings is 1. The zero-order valence-electron chi connectivity index (χ0n) is 7.81. The second-order valence-electron chi connectivity index (χ2n) is 2.18. The summed E-state index contributed by atoms with van der Waals surface area (Å²) in [6.45, 7) is 5.59. The monoisotopic (exact) mass is 191 g/mol. The van der Waals surface area contributed by atoms with E-state index in [4.69, 9.17) is 0 Å². The maximum Gasteiger partial charge on any atom is 0.283 e. The number of aromatic nitrogens is 1. The molecule has 0 radical (unpaired) electrons. The molecule has 0 spiro atoms. The van der Waals surface area contributed by atoms with E-state index in [0.29, 0.717) is 5.56 Å². The molecule has 1 rings (SSSR count).